The molecular weight excluding hydrogens is 236 g/mol. The molecule has 1 aromatic rings. The Balaban J connectivity index is 2.26. The van der Waals surface area contributed by atoms with E-state index in [9.17, 15) is 5.11 Å². The van der Waals surface area contributed by atoms with Crippen molar-refractivity contribution in [3.63, 3.8) is 0 Å². The quantitative estimate of drug-likeness (QED) is 0.827. The number of aliphatic hydroxyl groups is 1. The normalized spacial score (nSPS) is 23.9. The molecule has 1 N–H and O–H groups in total. The SMILES string of the molecule is COc1nc(OC)nc(N2CCCC(C)(O)C2)n1. The van der Waals surface area contributed by atoms with E-state index in [0.29, 0.717) is 12.5 Å². The lowest BCUT2D eigenvalue weighted by Gasteiger charge is -2.36. The molecular formula is C11H18N4O3. The van der Waals surface area contributed by atoms with Crippen molar-refractivity contribution >= 4 is 5.95 Å². The number of ether oxygens (including phenoxy) is 2. The fourth-order valence-electron chi connectivity index (χ4n) is 2.04. The molecule has 2 heterocycles. The fourth-order valence-corrected chi connectivity index (χ4v) is 2.04. The molecule has 2 rings (SSSR count). The van der Waals surface area contributed by atoms with Crippen molar-refractivity contribution in [2.75, 3.05) is 32.2 Å². The Morgan fingerprint density at radius 2 is 1.78 bits per heavy atom. The van der Waals surface area contributed by atoms with E-state index in [-0.39, 0.29) is 12.0 Å². The summed E-state index contributed by atoms with van der Waals surface area (Å²) in [4.78, 5) is 14.2. The van der Waals surface area contributed by atoms with Gasteiger partial charge in [-0.3, -0.25) is 0 Å². The molecule has 0 spiro atoms. The molecule has 0 aliphatic carbocycles. The van der Waals surface area contributed by atoms with Crippen molar-refractivity contribution < 1.29 is 14.6 Å². The van der Waals surface area contributed by atoms with Crippen LogP contribution in [-0.2, 0) is 0 Å². The average Bonchev–Trinajstić information content (AvgIpc) is 2.37. The molecule has 7 heteroatoms. The molecule has 1 unspecified atom stereocenters. The second kappa shape index (κ2) is 4.93. The minimum Gasteiger partial charge on any atom is -0.467 e. The minimum absolute atomic E-state index is 0.210. The number of β-amino-alcohol motifs (C(OH)–C–C–N with tert-alkyl or cyclic N) is 1. The molecule has 1 atom stereocenters. The van der Waals surface area contributed by atoms with Crippen molar-refractivity contribution in [3.8, 4) is 12.0 Å². The monoisotopic (exact) mass is 254 g/mol. The summed E-state index contributed by atoms with van der Waals surface area (Å²) in [6.45, 7) is 3.10. The van der Waals surface area contributed by atoms with Crippen LogP contribution in [0.25, 0.3) is 0 Å². The van der Waals surface area contributed by atoms with Crippen LogP contribution < -0.4 is 14.4 Å². The Labute approximate surface area is 106 Å². The molecule has 0 saturated carbocycles. The van der Waals surface area contributed by atoms with E-state index in [2.05, 4.69) is 15.0 Å². The average molecular weight is 254 g/mol. The summed E-state index contributed by atoms with van der Waals surface area (Å²) in [5, 5.41) is 10.1. The predicted octanol–water partition coefficient (Wildman–Crippen LogP) is 0.240. The van der Waals surface area contributed by atoms with Gasteiger partial charge in [-0.1, -0.05) is 0 Å². The third-order valence-corrected chi connectivity index (χ3v) is 2.91. The van der Waals surface area contributed by atoms with Gasteiger partial charge in [0.15, 0.2) is 0 Å². The lowest BCUT2D eigenvalue weighted by molar-refractivity contribution is 0.0443. The lowest BCUT2D eigenvalue weighted by Crippen LogP contribution is -2.46. The van der Waals surface area contributed by atoms with E-state index in [0.717, 1.165) is 19.4 Å². The summed E-state index contributed by atoms with van der Waals surface area (Å²) in [5.41, 5.74) is -0.717. The molecule has 0 aromatic carbocycles. The van der Waals surface area contributed by atoms with E-state index in [1.54, 1.807) is 0 Å². The highest BCUT2D eigenvalue weighted by atomic mass is 16.5. The molecule has 0 radical (unpaired) electrons. The van der Waals surface area contributed by atoms with Crippen LogP contribution in [0.5, 0.6) is 12.0 Å². The second-order valence-corrected chi connectivity index (χ2v) is 4.63. The topological polar surface area (TPSA) is 80.6 Å². The number of hydrogen-bond acceptors (Lipinski definition) is 7. The van der Waals surface area contributed by atoms with Crippen LogP contribution in [0.4, 0.5) is 5.95 Å². The summed E-state index contributed by atoms with van der Waals surface area (Å²) in [7, 11) is 2.98. The molecule has 100 valence electrons. The predicted molar refractivity (Wildman–Crippen MR) is 65.0 cm³/mol. The van der Waals surface area contributed by atoms with Gasteiger partial charge in [-0.15, -0.1) is 4.98 Å². The van der Waals surface area contributed by atoms with Crippen LogP contribution in [-0.4, -0.2) is 53.0 Å². The Bertz CT molecular complexity index is 402. The third kappa shape index (κ3) is 2.79. The number of piperidine rings is 1. The van der Waals surface area contributed by atoms with Crippen LogP contribution in [0.15, 0.2) is 0 Å². The van der Waals surface area contributed by atoms with E-state index in [4.69, 9.17) is 9.47 Å². The van der Waals surface area contributed by atoms with Gasteiger partial charge in [-0.25, -0.2) is 0 Å². The molecule has 0 bridgehead atoms. The summed E-state index contributed by atoms with van der Waals surface area (Å²) in [5.74, 6) is 0.471. The van der Waals surface area contributed by atoms with Crippen molar-refractivity contribution in [2.24, 2.45) is 0 Å². The number of hydrogen-bond donors (Lipinski definition) is 1. The van der Waals surface area contributed by atoms with Gasteiger partial charge in [0, 0.05) is 13.1 Å². The molecule has 1 aliphatic heterocycles. The van der Waals surface area contributed by atoms with Gasteiger partial charge in [0.05, 0.1) is 19.8 Å². The van der Waals surface area contributed by atoms with Gasteiger partial charge >= 0.3 is 12.0 Å². The minimum atomic E-state index is -0.717. The third-order valence-electron chi connectivity index (χ3n) is 2.91. The molecule has 7 nitrogen and oxygen atoms in total. The van der Waals surface area contributed by atoms with Crippen molar-refractivity contribution in [1.82, 2.24) is 15.0 Å². The number of aromatic nitrogens is 3. The Morgan fingerprint density at radius 1 is 1.17 bits per heavy atom. The maximum absolute atomic E-state index is 10.1. The van der Waals surface area contributed by atoms with Crippen LogP contribution in [0, 0.1) is 0 Å². The first-order valence-electron chi connectivity index (χ1n) is 5.85. The number of rotatable bonds is 3. The molecule has 1 saturated heterocycles. The largest absolute Gasteiger partial charge is 0.467 e. The summed E-state index contributed by atoms with van der Waals surface area (Å²) in [6, 6.07) is 0.420. The van der Waals surface area contributed by atoms with E-state index in [1.807, 2.05) is 11.8 Å². The first kappa shape index (κ1) is 12.8. The lowest BCUT2D eigenvalue weighted by atomic mass is 9.95. The summed E-state index contributed by atoms with van der Waals surface area (Å²) in [6.07, 6.45) is 1.67. The van der Waals surface area contributed by atoms with Gasteiger partial charge in [-0.05, 0) is 19.8 Å². The molecule has 1 fully saturated rings. The maximum atomic E-state index is 10.1. The Hall–Kier alpha value is -1.63. The van der Waals surface area contributed by atoms with Crippen molar-refractivity contribution in [2.45, 2.75) is 25.4 Å². The van der Waals surface area contributed by atoms with Gasteiger partial charge < -0.3 is 19.5 Å². The first-order chi connectivity index (χ1) is 8.54. The number of nitrogens with zero attached hydrogens (tertiary/aromatic N) is 4. The Morgan fingerprint density at radius 3 is 2.28 bits per heavy atom. The van der Waals surface area contributed by atoms with Crippen LogP contribution in [0.3, 0.4) is 0 Å². The zero-order valence-electron chi connectivity index (χ0n) is 10.9. The molecule has 1 aliphatic rings. The van der Waals surface area contributed by atoms with Gasteiger partial charge in [0.2, 0.25) is 5.95 Å². The smallest absolute Gasteiger partial charge is 0.324 e. The number of anilines is 1. The molecule has 0 amide bonds. The molecule has 1 aromatic heterocycles. The van der Waals surface area contributed by atoms with Crippen LogP contribution >= 0.6 is 0 Å². The highest BCUT2D eigenvalue weighted by Crippen LogP contribution is 2.25. The molecule has 18 heavy (non-hydrogen) atoms. The summed E-state index contributed by atoms with van der Waals surface area (Å²) < 4.78 is 10.0. The van der Waals surface area contributed by atoms with Gasteiger partial charge in [0.1, 0.15) is 0 Å². The van der Waals surface area contributed by atoms with E-state index in [1.165, 1.54) is 14.2 Å². The second-order valence-electron chi connectivity index (χ2n) is 4.63. The van der Waals surface area contributed by atoms with E-state index < -0.39 is 5.60 Å². The van der Waals surface area contributed by atoms with Crippen LogP contribution in [0.1, 0.15) is 19.8 Å². The zero-order valence-corrected chi connectivity index (χ0v) is 10.9. The van der Waals surface area contributed by atoms with Crippen LogP contribution in [0.2, 0.25) is 0 Å². The fraction of sp³-hybridized carbons (Fsp3) is 0.727. The van der Waals surface area contributed by atoms with Crippen molar-refractivity contribution in [3.05, 3.63) is 0 Å². The zero-order chi connectivity index (χ0) is 13.2. The standard InChI is InChI=1S/C11H18N4O3/c1-11(16)5-4-6-15(7-11)8-12-9(17-2)14-10(13-8)18-3/h16H,4-7H2,1-3H3. The Kier molecular flexibility index (Phi) is 3.51. The van der Waals surface area contributed by atoms with Gasteiger partial charge in [-0.2, -0.15) is 9.97 Å². The van der Waals surface area contributed by atoms with E-state index >= 15 is 0 Å². The van der Waals surface area contributed by atoms with Crippen molar-refractivity contribution in [1.29, 1.82) is 0 Å². The highest BCUT2D eigenvalue weighted by molar-refractivity contribution is 5.33. The maximum Gasteiger partial charge on any atom is 0.324 e. The van der Waals surface area contributed by atoms with Gasteiger partial charge in [0.25, 0.3) is 0 Å². The summed E-state index contributed by atoms with van der Waals surface area (Å²) >= 11 is 0. The number of methoxy groups -OCH3 is 2. The first-order valence-corrected chi connectivity index (χ1v) is 5.85. The highest BCUT2D eigenvalue weighted by Gasteiger charge is 2.30.